The Morgan fingerprint density at radius 3 is 2.75 bits per heavy atom. The van der Waals surface area contributed by atoms with Gasteiger partial charge < -0.3 is 10.1 Å². The van der Waals surface area contributed by atoms with Gasteiger partial charge >= 0.3 is 0 Å². The largest absolute Gasteiger partial charge is 0.379 e. The summed E-state index contributed by atoms with van der Waals surface area (Å²) in [5.74, 6) is -1.53. The van der Waals surface area contributed by atoms with E-state index < -0.39 is 20.8 Å². The summed E-state index contributed by atoms with van der Waals surface area (Å²) in [6.07, 6.45) is 1.60. The standard InChI is InChI=1S/C12H13ClFNO4S/c13-20(17,18)9-3-4-10(11(14)6-9)12(16)15-8-2-1-5-19-7-8/h3-4,6,8H,1-2,5,7H2,(H,15,16). The van der Waals surface area contributed by atoms with Crippen LogP contribution in [0.2, 0.25) is 0 Å². The Bertz CT molecular complexity index is 614. The van der Waals surface area contributed by atoms with Crippen molar-refractivity contribution in [3.63, 3.8) is 0 Å². The van der Waals surface area contributed by atoms with E-state index in [0.717, 1.165) is 31.0 Å². The fraction of sp³-hybridized carbons (Fsp3) is 0.417. The van der Waals surface area contributed by atoms with Gasteiger partial charge in [0, 0.05) is 17.3 Å². The van der Waals surface area contributed by atoms with Gasteiger partial charge in [0.05, 0.1) is 23.1 Å². The van der Waals surface area contributed by atoms with E-state index in [1.165, 1.54) is 0 Å². The number of rotatable bonds is 3. The van der Waals surface area contributed by atoms with E-state index in [9.17, 15) is 17.6 Å². The molecule has 2 rings (SSSR count). The molecular weight excluding hydrogens is 309 g/mol. The molecule has 1 amide bonds. The lowest BCUT2D eigenvalue weighted by Gasteiger charge is -2.23. The van der Waals surface area contributed by atoms with E-state index in [0.29, 0.717) is 13.2 Å². The summed E-state index contributed by atoms with van der Waals surface area (Å²) in [5, 5.41) is 2.65. The third kappa shape index (κ3) is 3.68. The Kier molecular flexibility index (Phi) is 4.62. The van der Waals surface area contributed by atoms with Gasteiger partial charge in [-0.3, -0.25) is 4.79 Å². The average Bonchev–Trinajstić information content (AvgIpc) is 2.38. The molecule has 0 bridgehead atoms. The van der Waals surface area contributed by atoms with Crippen LogP contribution in [0.15, 0.2) is 23.1 Å². The van der Waals surface area contributed by atoms with Crippen molar-refractivity contribution in [2.45, 2.75) is 23.8 Å². The Morgan fingerprint density at radius 2 is 2.20 bits per heavy atom. The van der Waals surface area contributed by atoms with Gasteiger partial charge in [-0.1, -0.05) is 0 Å². The van der Waals surface area contributed by atoms with E-state index in [4.69, 9.17) is 15.4 Å². The minimum absolute atomic E-state index is 0.160. The number of nitrogens with one attached hydrogen (secondary N) is 1. The fourth-order valence-electron chi connectivity index (χ4n) is 1.95. The molecule has 1 N–H and O–H groups in total. The number of halogens is 2. The first-order chi connectivity index (χ1) is 9.38. The van der Waals surface area contributed by atoms with Gasteiger partial charge in [0.25, 0.3) is 15.0 Å². The van der Waals surface area contributed by atoms with Crippen LogP contribution in [0.3, 0.4) is 0 Å². The average molecular weight is 322 g/mol. The van der Waals surface area contributed by atoms with Crippen LogP contribution in [0.5, 0.6) is 0 Å². The summed E-state index contributed by atoms with van der Waals surface area (Å²) in [6.45, 7) is 1.05. The summed E-state index contributed by atoms with van der Waals surface area (Å²) in [5.41, 5.74) is -0.223. The van der Waals surface area contributed by atoms with Gasteiger partial charge in [-0.15, -0.1) is 0 Å². The van der Waals surface area contributed by atoms with Gasteiger partial charge in [-0.05, 0) is 31.0 Å². The molecule has 1 saturated heterocycles. The minimum atomic E-state index is -4.01. The molecule has 1 aromatic rings. The first-order valence-corrected chi connectivity index (χ1v) is 8.31. The van der Waals surface area contributed by atoms with Crippen molar-refractivity contribution >= 4 is 25.6 Å². The summed E-state index contributed by atoms with van der Waals surface area (Å²) in [6, 6.07) is 2.77. The van der Waals surface area contributed by atoms with Crippen molar-refractivity contribution in [3.8, 4) is 0 Å². The van der Waals surface area contributed by atoms with Crippen LogP contribution >= 0.6 is 10.7 Å². The number of ether oxygens (including phenoxy) is 1. The topological polar surface area (TPSA) is 72.5 Å². The lowest BCUT2D eigenvalue weighted by atomic mass is 10.1. The van der Waals surface area contributed by atoms with Crippen molar-refractivity contribution < 1.29 is 22.3 Å². The molecule has 1 aromatic carbocycles. The predicted octanol–water partition coefficient (Wildman–Crippen LogP) is 1.66. The summed E-state index contributed by atoms with van der Waals surface area (Å²) < 4.78 is 41.1. The molecular formula is C12H13ClFNO4S. The predicted molar refractivity (Wildman–Crippen MR) is 70.7 cm³/mol. The number of hydrogen-bond donors (Lipinski definition) is 1. The number of carbonyl (C=O) groups excluding carboxylic acids is 1. The van der Waals surface area contributed by atoms with Gasteiger partial charge in [-0.25, -0.2) is 12.8 Å². The van der Waals surface area contributed by atoms with E-state index in [1.807, 2.05) is 0 Å². The molecule has 1 heterocycles. The molecule has 1 atom stereocenters. The SMILES string of the molecule is O=C(NC1CCCOC1)c1ccc(S(=O)(=O)Cl)cc1F. The Hall–Kier alpha value is -1.18. The van der Waals surface area contributed by atoms with Crippen LogP contribution in [0.4, 0.5) is 4.39 Å². The Morgan fingerprint density at radius 1 is 1.45 bits per heavy atom. The molecule has 0 saturated carbocycles. The van der Waals surface area contributed by atoms with Gasteiger partial charge in [-0.2, -0.15) is 0 Å². The zero-order valence-electron chi connectivity index (χ0n) is 10.4. The molecule has 1 unspecified atom stereocenters. The van der Waals surface area contributed by atoms with Crippen molar-refractivity contribution in [1.82, 2.24) is 5.32 Å². The molecule has 110 valence electrons. The lowest BCUT2D eigenvalue weighted by molar-refractivity contribution is 0.0622. The maximum Gasteiger partial charge on any atom is 0.261 e. The smallest absolute Gasteiger partial charge is 0.261 e. The molecule has 0 spiro atoms. The van der Waals surface area contributed by atoms with E-state index >= 15 is 0 Å². The normalized spacial score (nSPS) is 19.6. The summed E-state index contributed by atoms with van der Waals surface area (Å²) in [4.78, 5) is 11.5. The minimum Gasteiger partial charge on any atom is -0.379 e. The molecule has 5 nitrogen and oxygen atoms in total. The molecule has 0 aromatic heterocycles. The van der Waals surface area contributed by atoms with E-state index in [-0.39, 0.29) is 16.5 Å². The number of benzene rings is 1. The summed E-state index contributed by atoms with van der Waals surface area (Å²) >= 11 is 0. The van der Waals surface area contributed by atoms with Crippen LogP contribution in [0.25, 0.3) is 0 Å². The third-order valence-corrected chi connectivity index (χ3v) is 4.31. The van der Waals surface area contributed by atoms with Gasteiger partial charge in [0.1, 0.15) is 5.82 Å². The lowest BCUT2D eigenvalue weighted by Crippen LogP contribution is -2.40. The Labute approximate surface area is 120 Å². The quantitative estimate of drug-likeness (QED) is 0.859. The number of carbonyl (C=O) groups is 1. The highest BCUT2D eigenvalue weighted by atomic mass is 35.7. The molecule has 0 aliphatic carbocycles. The molecule has 1 fully saturated rings. The van der Waals surface area contributed by atoms with Gasteiger partial charge in [0.2, 0.25) is 0 Å². The third-order valence-electron chi connectivity index (χ3n) is 2.96. The molecule has 1 aliphatic heterocycles. The van der Waals surface area contributed by atoms with Crippen LogP contribution in [0.1, 0.15) is 23.2 Å². The summed E-state index contributed by atoms with van der Waals surface area (Å²) in [7, 11) is 1.09. The van der Waals surface area contributed by atoms with Crippen LogP contribution in [-0.2, 0) is 13.8 Å². The van der Waals surface area contributed by atoms with Crippen molar-refractivity contribution in [2.75, 3.05) is 13.2 Å². The second-order valence-corrected chi connectivity index (χ2v) is 7.03. The van der Waals surface area contributed by atoms with Crippen molar-refractivity contribution in [1.29, 1.82) is 0 Å². The maximum atomic E-state index is 13.8. The van der Waals surface area contributed by atoms with Crippen molar-refractivity contribution in [3.05, 3.63) is 29.6 Å². The maximum absolute atomic E-state index is 13.8. The van der Waals surface area contributed by atoms with Crippen LogP contribution < -0.4 is 5.32 Å². The van der Waals surface area contributed by atoms with Crippen molar-refractivity contribution in [2.24, 2.45) is 0 Å². The highest BCUT2D eigenvalue weighted by Gasteiger charge is 2.21. The van der Waals surface area contributed by atoms with E-state index in [2.05, 4.69) is 5.32 Å². The fourth-order valence-corrected chi connectivity index (χ4v) is 2.71. The zero-order valence-corrected chi connectivity index (χ0v) is 12.0. The monoisotopic (exact) mass is 321 g/mol. The van der Waals surface area contributed by atoms with E-state index in [1.54, 1.807) is 0 Å². The second-order valence-electron chi connectivity index (χ2n) is 4.47. The Balaban J connectivity index is 2.14. The molecule has 0 radical (unpaired) electrons. The molecule has 1 aliphatic rings. The first-order valence-electron chi connectivity index (χ1n) is 6.01. The second kappa shape index (κ2) is 6.07. The van der Waals surface area contributed by atoms with Crippen LogP contribution in [-0.4, -0.2) is 33.6 Å². The number of amides is 1. The zero-order chi connectivity index (χ0) is 14.8. The molecule has 20 heavy (non-hydrogen) atoms. The molecule has 8 heteroatoms. The number of hydrogen-bond acceptors (Lipinski definition) is 4. The first kappa shape index (κ1) is 15.2. The van der Waals surface area contributed by atoms with Crippen LogP contribution in [0, 0.1) is 5.82 Å². The van der Waals surface area contributed by atoms with Gasteiger partial charge in [0.15, 0.2) is 0 Å². The highest BCUT2D eigenvalue weighted by Crippen LogP contribution is 2.19. The highest BCUT2D eigenvalue weighted by molar-refractivity contribution is 8.13.